The summed E-state index contributed by atoms with van der Waals surface area (Å²) in [5, 5.41) is 4.08. The molecule has 1 fully saturated rings. The van der Waals surface area contributed by atoms with E-state index in [1.807, 2.05) is 0 Å². The van der Waals surface area contributed by atoms with Crippen molar-refractivity contribution in [1.82, 2.24) is 15.5 Å². The van der Waals surface area contributed by atoms with E-state index in [9.17, 15) is 14.4 Å². The van der Waals surface area contributed by atoms with Gasteiger partial charge in [-0.25, -0.2) is 9.59 Å². The quantitative estimate of drug-likeness (QED) is 0.763. The Hall–Kier alpha value is -1.50. The zero-order valence-corrected chi connectivity index (χ0v) is 12.4. The van der Waals surface area contributed by atoms with Gasteiger partial charge in [0.25, 0.3) is 0 Å². The third-order valence-corrected chi connectivity index (χ3v) is 3.15. The van der Waals surface area contributed by atoms with E-state index in [0.29, 0.717) is 32.5 Å². The smallest absolute Gasteiger partial charge is 0.409 e. The molecule has 0 aliphatic carbocycles. The first kappa shape index (κ1) is 16.6. The molecule has 1 heterocycles. The minimum absolute atomic E-state index is 0.0703. The predicted octanol–water partition coefficient (Wildman–Crippen LogP) is 1.06. The number of hydrogen-bond acceptors (Lipinski definition) is 4. The molecule has 1 unspecified atom stereocenters. The fourth-order valence-electron chi connectivity index (χ4n) is 1.85. The zero-order chi connectivity index (χ0) is 15.1. The van der Waals surface area contributed by atoms with Crippen LogP contribution in [0.3, 0.4) is 0 Å². The van der Waals surface area contributed by atoms with Crippen LogP contribution in [0, 0.1) is 0 Å². The van der Waals surface area contributed by atoms with Gasteiger partial charge in [-0.1, -0.05) is 0 Å². The van der Waals surface area contributed by atoms with E-state index in [2.05, 4.69) is 10.6 Å². The zero-order valence-electron chi connectivity index (χ0n) is 11.6. The summed E-state index contributed by atoms with van der Waals surface area (Å²) in [4.78, 5) is 35.9. The standard InChI is InChI=1S/C12H20ClN3O4/c1-3-20-12(19)16-6-4-9(5-7-16)14-11(18)15-10(17)8(2)13/h8-9H,3-7H2,1-2H3,(H2,14,15,17,18). The number of ether oxygens (including phenoxy) is 1. The van der Waals surface area contributed by atoms with Gasteiger partial charge in [0, 0.05) is 19.1 Å². The summed E-state index contributed by atoms with van der Waals surface area (Å²) in [6.07, 6.45) is 0.912. The minimum atomic E-state index is -0.758. The normalized spacial score (nSPS) is 17.2. The van der Waals surface area contributed by atoms with Crippen molar-refractivity contribution in [2.45, 2.75) is 38.1 Å². The van der Waals surface area contributed by atoms with Gasteiger partial charge in [0.1, 0.15) is 5.38 Å². The summed E-state index contributed by atoms with van der Waals surface area (Å²) in [6, 6.07) is -0.629. The molecule has 1 rings (SSSR count). The van der Waals surface area contributed by atoms with Crippen LogP contribution in [-0.2, 0) is 9.53 Å². The highest BCUT2D eigenvalue weighted by atomic mass is 35.5. The summed E-state index contributed by atoms with van der Waals surface area (Å²) in [5.74, 6) is -0.534. The maximum absolute atomic E-state index is 11.5. The Morgan fingerprint density at radius 1 is 1.35 bits per heavy atom. The van der Waals surface area contributed by atoms with Crippen LogP contribution in [0.5, 0.6) is 0 Å². The van der Waals surface area contributed by atoms with Crippen LogP contribution in [0.2, 0.25) is 0 Å². The summed E-state index contributed by atoms with van der Waals surface area (Å²) in [7, 11) is 0. The largest absolute Gasteiger partial charge is 0.450 e. The molecular formula is C12H20ClN3O4. The number of nitrogens with zero attached hydrogens (tertiary/aromatic N) is 1. The van der Waals surface area contributed by atoms with Crippen molar-refractivity contribution in [3.05, 3.63) is 0 Å². The lowest BCUT2D eigenvalue weighted by Gasteiger charge is -2.31. The Kier molecular flexibility index (Phi) is 6.57. The molecule has 1 aliphatic heterocycles. The molecule has 0 aromatic heterocycles. The molecule has 0 saturated carbocycles. The first-order valence-corrected chi connectivity index (χ1v) is 7.04. The predicted molar refractivity (Wildman–Crippen MR) is 73.6 cm³/mol. The van der Waals surface area contributed by atoms with Crippen LogP contribution < -0.4 is 10.6 Å². The number of alkyl halides is 1. The molecule has 0 aromatic carbocycles. The molecule has 0 aromatic rings. The van der Waals surface area contributed by atoms with Crippen molar-refractivity contribution in [2.24, 2.45) is 0 Å². The van der Waals surface area contributed by atoms with E-state index in [0.717, 1.165) is 0 Å². The third kappa shape index (κ3) is 5.24. The molecule has 114 valence electrons. The Morgan fingerprint density at radius 2 is 1.95 bits per heavy atom. The summed E-state index contributed by atoms with van der Waals surface area (Å²) >= 11 is 5.55. The Bertz CT molecular complexity index is 368. The lowest BCUT2D eigenvalue weighted by molar-refractivity contribution is -0.119. The Labute approximate surface area is 123 Å². The van der Waals surface area contributed by atoms with Crippen LogP contribution in [0.15, 0.2) is 0 Å². The van der Waals surface area contributed by atoms with Gasteiger partial charge in [0.15, 0.2) is 0 Å². The van der Waals surface area contributed by atoms with Crippen molar-refractivity contribution >= 4 is 29.6 Å². The average Bonchev–Trinajstić information content (AvgIpc) is 2.39. The minimum Gasteiger partial charge on any atom is -0.450 e. The van der Waals surface area contributed by atoms with Crippen molar-refractivity contribution in [1.29, 1.82) is 0 Å². The second-order valence-corrected chi connectivity index (χ2v) is 5.19. The van der Waals surface area contributed by atoms with Gasteiger partial charge >= 0.3 is 12.1 Å². The van der Waals surface area contributed by atoms with Crippen LogP contribution in [0.1, 0.15) is 26.7 Å². The monoisotopic (exact) mass is 305 g/mol. The molecule has 0 bridgehead atoms. The SMILES string of the molecule is CCOC(=O)N1CCC(NC(=O)NC(=O)C(C)Cl)CC1. The number of hydrogen-bond donors (Lipinski definition) is 2. The molecule has 7 nitrogen and oxygen atoms in total. The van der Waals surface area contributed by atoms with Gasteiger partial charge in [-0.05, 0) is 26.7 Å². The number of carbonyl (C=O) groups excluding carboxylic acids is 3. The Balaban J connectivity index is 2.30. The van der Waals surface area contributed by atoms with Crippen LogP contribution in [0.4, 0.5) is 9.59 Å². The molecule has 4 amide bonds. The summed E-state index contributed by atoms with van der Waals surface area (Å²) in [6.45, 7) is 4.62. The molecule has 2 N–H and O–H groups in total. The van der Waals surface area contributed by atoms with Crippen LogP contribution in [0.25, 0.3) is 0 Å². The van der Waals surface area contributed by atoms with E-state index in [4.69, 9.17) is 16.3 Å². The lowest BCUT2D eigenvalue weighted by Crippen LogP contribution is -2.51. The second kappa shape index (κ2) is 7.94. The van der Waals surface area contributed by atoms with Crippen molar-refractivity contribution in [3.63, 3.8) is 0 Å². The van der Waals surface area contributed by atoms with E-state index >= 15 is 0 Å². The van der Waals surface area contributed by atoms with Gasteiger partial charge in [-0.15, -0.1) is 11.6 Å². The maximum Gasteiger partial charge on any atom is 0.409 e. The summed E-state index contributed by atoms with van der Waals surface area (Å²) < 4.78 is 4.90. The van der Waals surface area contributed by atoms with Gasteiger partial charge in [0.05, 0.1) is 6.61 Å². The van der Waals surface area contributed by atoms with E-state index in [-0.39, 0.29) is 12.1 Å². The molecule has 0 radical (unpaired) electrons. The van der Waals surface area contributed by atoms with E-state index in [1.165, 1.54) is 6.92 Å². The Morgan fingerprint density at radius 3 is 2.45 bits per heavy atom. The van der Waals surface area contributed by atoms with Crippen molar-refractivity contribution < 1.29 is 19.1 Å². The van der Waals surface area contributed by atoms with Gasteiger partial charge < -0.3 is 15.0 Å². The van der Waals surface area contributed by atoms with Gasteiger partial charge in [0.2, 0.25) is 5.91 Å². The highest BCUT2D eigenvalue weighted by Gasteiger charge is 2.25. The number of imide groups is 1. The number of amides is 4. The maximum atomic E-state index is 11.5. The first-order chi connectivity index (χ1) is 9.43. The average molecular weight is 306 g/mol. The van der Waals surface area contributed by atoms with Crippen LogP contribution >= 0.6 is 11.6 Å². The fraction of sp³-hybridized carbons (Fsp3) is 0.750. The van der Waals surface area contributed by atoms with E-state index < -0.39 is 17.3 Å². The van der Waals surface area contributed by atoms with Gasteiger partial charge in [-0.2, -0.15) is 0 Å². The molecule has 1 saturated heterocycles. The summed E-state index contributed by atoms with van der Waals surface area (Å²) in [5.41, 5.74) is 0. The highest BCUT2D eigenvalue weighted by Crippen LogP contribution is 2.11. The molecule has 1 aliphatic rings. The lowest BCUT2D eigenvalue weighted by atomic mass is 10.1. The second-order valence-electron chi connectivity index (χ2n) is 4.54. The number of halogens is 1. The van der Waals surface area contributed by atoms with Crippen molar-refractivity contribution in [3.8, 4) is 0 Å². The highest BCUT2D eigenvalue weighted by molar-refractivity contribution is 6.31. The fourth-order valence-corrected chi connectivity index (χ4v) is 1.91. The molecule has 8 heteroatoms. The number of carbonyl (C=O) groups is 3. The molecular weight excluding hydrogens is 286 g/mol. The number of likely N-dealkylation sites (tertiary alicyclic amines) is 1. The van der Waals surface area contributed by atoms with Gasteiger partial charge in [-0.3, -0.25) is 10.1 Å². The number of nitrogens with one attached hydrogen (secondary N) is 2. The molecule has 1 atom stereocenters. The van der Waals surface area contributed by atoms with Crippen LogP contribution in [-0.4, -0.2) is 54.0 Å². The number of piperidine rings is 1. The van der Waals surface area contributed by atoms with E-state index in [1.54, 1.807) is 11.8 Å². The molecule has 0 spiro atoms. The number of urea groups is 1. The molecule has 20 heavy (non-hydrogen) atoms. The number of rotatable bonds is 3. The first-order valence-electron chi connectivity index (χ1n) is 6.61. The van der Waals surface area contributed by atoms with Crippen molar-refractivity contribution in [2.75, 3.05) is 19.7 Å². The topological polar surface area (TPSA) is 87.7 Å². The third-order valence-electron chi connectivity index (χ3n) is 2.95.